The van der Waals surface area contributed by atoms with Crippen molar-refractivity contribution in [2.45, 2.75) is 38.4 Å². The highest BCUT2D eigenvalue weighted by Crippen LogP contribution is 2.36. The fourth-order valence-corrected chi connectivity index (χ4v) is 3.48. The lowest BCUT2D eigenvalue weighted by molar-refractivity contribution is 0.165. The highest BCUT2D eigenvalue weighted by atomic mass is 32.1. The molecule has 0 radical (unpaired) electrons. The van der Waals surface area contributed by atoms with Crippen LogP contribution in [-0.4, -0.2) is 21.1 Å². The van der Waals surface area contributed by atoms with E-state index in [9.17, 15) is 4.39 Å². The first-order valence-corrected chi connectivity index (χ1v) is 8.96. The Morgan fingerprint density at radius 1 is 1.25 bits per heavy atom. The van der Waals surface area contributed by atoms with Gasteiger partial charge in [0.1, 0.15) is 5.82 Å². The van der Waals surface area contributed by atoms with Crippen LogP contribution in [0, 0.1) is 5.82 Å². The first kappa shape index (κ1) is 15.5. The van der Waals surface area contributed by atoms with E-state index in [-0.39, 0.29) is 11.9 Å². The molecule has 2 heterocycles. The molecule has 124 valence electrons. The Bertz CT molecular complexity index is 796. The third-order valence-electron chi connectivity index (χ3n) is 4.32. The van der Waals surface area contributed by atoms with Crippen LogP contribution in [-0.2, 0) is 6.54 Å². The number of halogens is 1. The molecular formula is C18H18FN3OS. The van der Waals surface area contributed by atoms with E-state index in [2.05, 4.69) is 22.0 Å². The summed E-state index contributed by atoms with van der Waals surface area (Å²) in [4.78, 5) is 3.34. The molecule has 1 aliphatic carbocycles. The molecule has 4 nitrogen and oxygen atoms in total. The van der Waals surface area contributed by atoms with E-state index in [1.165, 1.54) is 25.0 Å². The molecule has 0 bridgehead atoms. The van der Waals surface area contributed by atoms with Gasteiger partial charge in [-0.3, -0.25) is 4.90 Å². The maximum Gasteiger partial charge on any atom is 0.257 e. The number of thiophene rings is 1. The molecule has 1 fully saturated rings. The van der Waals surface area contributed by atoms with Crippen molar-refractivity contribution in [2.75, 3.05) is 0 Å². The molecule has 1 saturated carbocycles. The SMILES string of the molecule is C[C@@H](c1nnc(-c2cccs2)o1)N(Cc1ccc(F)cc1)C1CC1. The molecule has 1 aliphatic rings. The average Bonchev–Trinajstić information content (AvgIpc) is 3.09. The molecule has 0 N–H and O–H groups in total. The van der Waals surface area contributed by atoms with Gasteiger partial charge in [0.2, 0.25) is 5.89 Å². The van der Waals surface area contributed by atoms with Crippen LogP contribution in [0.2, 0.25) is 0 Å². The molecule has 1 atom stereocenters. The first-order chi connectivity index (χ1) is 11.7. The van der Waals surface area contributed by atoms with Crippen LogP contribution in [0.1, 0.15) is 37.3 Å². The summed E-state index contributed by atoms with van der Waals surface area (Å²) in [5, 5.41) is 10.4. The van der Waals surface area contributed by atoms with Crippen molar-refractivity contribution in [3.8, 4) is 10.8 Å². The lowest BCUT2D eigenvalue weighted by Gasteiger charge is -2.26. The second kappa shape index (κ2) is 6.45. The molecule has 0 amide bonds. The van der Waals surface area contributed by atoms with Crippen LogP contribution in [0.3, 0.4) is 0 Å². The van der Waals surface area contributed by atoms with Gasteiger partial charge in [-0.15, -0.1) is 21.5 Å². The normalized spacial score (nSPS) is 15.8. The summed E-state index contributed by atoms with van der Waals surface area (Å²) in [7, 11) is 0. The van der Waals surface area contributed by atoms with Crippen molar-refractivity contribution in [3.63, 3.8) is 0 Å². The molecule has 3 aromatic rings. The van der Waals surface area contributed by atoms with Crippen molar-refractivity contribution in [1.82, 2.24) is 15.1 Å². The fraction of sp³-hybridized carbons (Fsp3) is 0.333. The van der Waals surface area contributed by atoms with Crippen molar-refractivity contribution in [3.05, 3.63) is 59.0 Å². The van der Waals surface area contributed by atoms with E-state index in [0.29, 0.717) is 17.8 Å². The van der Waals surface area contributed by atoms with Crippen LogP contribution < -0.4 is 0 Å². The Morgan fingerprint density at radius 2 is 2.04 bits per heavy atom. The van der Waals surface area contributed by atoms with Gasteiger partial charge in [0.25, 0.3) is 5.89 Å². The zero-order valence-corrected chi connectivity index (χ0v) is 14.2. The summed E-state index contributed by atoms with van der Waals surface area (Å²) in [6, 6.07) is 11.2. The largest absolute Gasteiger partial charge is 0.418 e. The monoisotopic (exact) mass is 343 g/mol. The minimum atomic E-state index is -0.206. The van der Waals surface area contributed by atoms with Crippen molar-refractivity contribution < 1.29 is 8.81 Å². The molecule has 0 unspecified atom stereocenters. The van der Waals surface area contributed by atoms with Crippen molar-refractivity contribution in [1.29, 1.82) is 0 Å². The van der Waals surface area contributed by atoms with Crippen molar-refractivity contribution in [2.24, 2.45) is 0 Å². The minimum absolute atomic E-state index is 0.0313. The maximum absolute atomic E-state index is 13.1. The van der Waals surface area contributed by atoms with Gasteiger partial charge in [-0.2, -0.15) is 0 Å². The highest BCUT2D eigenvalue weighted by molar-refractivity contribution is 7.13. The van der Waals surface area contributed by atoms with Gasteiger partial charge in [-0.05, 0) is 48.9 Å². The Morgan fingerprint density at radius 3 is 2.71 bits per heavy atom. The summed E-state index contributed by atoms with van der Waals surface area (Å²) >= 11 is 1.59. The van der Waals surface area contributed by atoms with Crippen LogP contribution in [0.4, 0.5) is 4.39 Å². The number of hydrogen-bond acceptors (Lipinski definition) is 5. The predicted molar refractivity (Wildman–Crippen MR) is 91.0 cm³/mol. The van der Waals surface area contributed by atoms with Gasteiger partial charge in [-0.25, -0.2) is 4.39 Å². The third-order valence-corrected chi connectivity index (χ3v) is 5.18. The van der Waals surface area contributed by atoms with E-state index in [0.717, 1.165) is 17.0 Å². The smallest absolute Gasteiger partial charge is 0.257 e. The van der Waals surface area contributed by atoms with Gasteiger partial charge in [-0.1, -0.05) is 18.2 Å². The summed E-state index contributed by atoms with van der Waals surface area (Å²) in [6.07, 6.45) is 2.36. The third kappa shape index (κ3) is 3.25. The van der Waals surface area contributed by atoms with Crippen LogP contribution >= 0.6 is 11.3 Å². The topological polar surface area (TPSA) is 42.2 Å². The van der Waals surface area contributed by atoms with E-state index in [1.54, 1.807) is 11.3 Å². The van der Waals surface area contributed by atoms with Crippen LogP contribution in [0.5, 0.6) is 0 Å². The fourth-order valence-electron chi connectivity index (χ4n) is 2.83. The van der Waals surface area contributed by atoms with Gasteiger partial charge in [0, 0.05) is 12.6 Å². The zero-order valence-electron chi connectivity index (χ0n) is 13.4. The maximum atomic E-state index is 13.1. The van der Waals surface area contributed by atoms with Gasteiger partial charge in [0.05, 0.1) is 10.9 Å². The standard InChI is InChI=1S/C18H18FN3OS/c1-12(17-20-21-18(23-17)16-3-2-10-24-16)22(15-8-9-15)11-13-4-6-14(19)7-5-13/h2-7,10,12,15H,8-9,11H2,1H3/t12-/m0/s1. The van der Waals surface area contributed by atoms with E-state index in [4.69, 9.17) is 4.42 Å². The second-order valence-corrected chi connectivity index (χ2v) is 7.08. The zero-order chi connectivity index (χ0) is 16.5. The Hall–Kier alpha value is -2.05. The summed E-state index contributed by atoms with van der Waals surface area (Å²) in [5.41, 5.74) is 1.09. The van der Waals surface area contributed by atoms with Gasteiger partial charge >= 0.3 is 0 Å². The number of hydrogen-bond donors (Lipinski definition) is 0. The Kier molecular flexibility index (Phi) is 4.16. The average molecular weight is 343 g/mol. The molecule has 24 heavy (non-hydrogen) atoms. The van der Waals surface area contributed by atoms with E-state index < -0.39 is 0 Å². The molecule has 6 heteroatoms. The lowest BCUT2D eigenvalue weighted by atomic mass is 10.1. The highest BCUT2D eigenvalue weighted by Gasteiger charge is 2.35. The molecule has 2 aromatic heterocycles. The number of aromatic nitrogens is 2. The summed E-state index contributed by atoms with van der Waals surface area (Å²) in [5.74, 6) is 0.999. The molecule has 0 saturated heterocycles. The number of nitrogens with zero attached hydrogens (tertiary/aromatic N) is 3. The predicted octanol–water partition coefficient (Wildman–Crippen LogP) is 4.66. The Balaban J connectivity index is 1.54. The molecular weight excluding hydrogens is 325 g/mol. The van der Waals surface area contributed by atoms with E-state index in [1.807, 2.05) is 29.6 Å². The summed E-state index contributed by atoms with van der Waals surface area (Å²) in [6.45, 7) is 2.84. The Labute approximate surface area is 143 Å². The number of benzene rings is 1. The van der Waals surface area contributed by atoms with Crippen molar-refractivity contribution >= 4 is 11.3 Å². The van der Waals surface area contributed by atoms with E-state index >= 15 is 0 Å². The van der Waals surface area contributed by atoms with Crippen LogP contribution in [0.15, 0.2) is 46.2 Å². The summed E-state index contributed by atoms with van der Waals surface area (Å²) < 4.78 is 19.0. The molecule has 0 spiro atoms. The second-order valence-electron chi connectivity index (χ2n) is 6.13. The van der Waals surface area contributed by atoms with Gasteiger partial charge < -0.3 is 4.42 Å². The first-order valence-electron chi connectivity index (χ1n) is 8.08. The molecule has 1 aromatic carbocycles. The van der Waals surface area contributed by atoms with Gasteiger partial charge in [0.15, 0.2) is 0 Å². The molecule has 0 aliphatic heterocycles. The molecule has 4 rings (SSSR count). The quantitative estimate of drug-likeness (QED) is 0.653. The van der Waals surface area contributed by atoms with Crippen LogP contribution in [0.25, 0.3) is 10.8 Å². The number of rotatable bonds is 6. The minimum Gasteiger partial charge on any atom is -0.418 e. The lowest BCUT2D eigenvalue weighted by Crippen LogP contribution is -2.29.